The third kappa shape index (κ3) is 1.19. The SMILES string of the molecule is C#CCn1c(F)nc2cnc(F)nc21. The molecule has 0 spiro atoms. The minimum absolute atomic E-state index is 0.0429. The Labute approximate surface area is 77.6 Å². The third-order valence-electron chi connectivity index (χ3n) is 1.66. The van der Waals surface area contributed by atoms with Crippen molar-refractivity contribution < 1.29 is 8.78 Å². The van der Waals surface area contributed by atoms with Crippen molar-refractivity contribution >= 4 is 11.2 Å². The largest absolute Gasteiger partial charge is 0.310 e. The zero-order chi connectivity index (χ0) is 10.1. The number of aromatic nitrogens is 4. The lowest BCUT2D eigenvalue weighted by atomic mass is 10.5. The molecule has 0 amide bonds. The summed E-state index contributed by atoms with van der Waals surface area (Å²) in [4.78, 5) is 10.1. The maximum absolute atomic E-state index is 13.1. The smallest absolute Gasteiger partial charge is 0.273 e. The summed E-state index contributed by atoms with van der Waals surface area (Å²) in [6.07, 6.45) is 4.39. The minimum Gasteiger partial charge on any atom is -0.273 e. The van der Waals surface area contributed by atoms with E-state index in [0.29, 0.717) is 0 Å². The van der Waals surface area contributed by atoms with Crippen LogP contribution in [0.5, 0.6) is 0 Å². The number of rotatable bonds is 1. The molecule has 0 aliphatic heterocycles. The maximum atomic E-state index is 13.1. The van der Waals surface area contributed by atoms with Crippen LogP contribution in [0.1, 0.15) is 0 Å². The van der Waals surface area contributed by atoms with Gasteiger partial charge in [-0.2, -0.15) is 18.7 Å². The summed E-state index contributed by atoms with van der Waals surface area (Å²) in [6.45, 7) is -0.0429. The molecule has 0 aromatic carbocycles. The molecular formula is C8H4F2N4. The van der Waals surface area contributed by atoms with Crippen LogP contribution in [0.2, 0.25) is 0 Å². The highest BCUT2D eigenvalue weighted by atomic mass is 19.1. The van der Waals surface area contributed by atoms with E-state index in [4.69, 9.17) is 6.42 Å². The summed E-state index contributed by atoms with van der Waals surface area (Å²) in [6, 6.07) is 0. The Hall–Kier alpha value is -2.03. The molecular weight excluding hydrogens is 190 g/mol. The van der Waals surface area contributed by atoms with Crippen LogP contribution in [0.15, 0.2) is 6.20 Å². The number of halogens is 2. The van der Waals surface area contributed by atoms with Gasteiger partial charge in [-0.15, -0.1) is 6.42 Å². The van der Waals surface area contributed by atoms with E-state index < -0.39 is 12.2 Å². The molecule has 4 nitrogen and oxygen atoms in total. The monoisotopic (exact) mass is 194 g/mol. The highest BCUT2D eigenvalue weighted by molar-refractivity contribution is 5.69. The molecule has 2 rings (SSSR count). The Morgan fingerprint density at radius 2 is 2.21 bits per heavy atom. The Balaban J connectivity index is 2.74. The molecule has 0 radical (unpaired) electrons. The number of hydrogen-bond donors (Lipinski definition) is 0. The topological polar surface area (TPSA) is 43.6 Å². The molecule has 0 atom stereocenters. The van der Waals surface area contributed by atoms with Crippen molar-refractivity contribution in [1.82, 2.24) is 19.5 Å². The number of imidazole rings is 1. The van der Waals surface area contributed by atoms with Crippen molar-refractivity contribution in [3.8, 4) is 12.3 Å². The molecule has 2 heterocycles. The van der Waals surface area contributed by atoms with Crippen molar-refractivity contribution in [2.45, 2.75) is 6.54 Å². The van der Waals surface area contributed by atoms with Gasteiger partial charge in [0.2, 0.25) is 0 Å². The van der Waals surface area contributed by atoms with Gasteiger partial charge in [-0.05, 0) is 0 Å². The van der Waals surface area contributed by atoms with E-state index in [1.165, 1.54) is 0 Å². The second-order valence-corrected chi connectivity index (χ2v) is 2.52. The molecule has 0 bridgehead atoms. The van der Waals surface area contributed by atoms with Gasteiger partial charge in [-0.3, -0.25) is 4.57 Å². The quantitative estimate of drug-likeness (QED) is 0.382. The Kier molecular flexibility index (Phi) is 1.85. The average Bonchev–Trinajstić information content (AvgIpc) is 2.45. The second-order valence-electron chi connectivity index (χ2n) is 2.52. The van der Waals surface area contributed by atoms with E-state index >= 15 is 0 Å². The molecule has 0 fully saturated rings. The molecule has 2 aromatic heterocycles. The van der Waals surface area contributed by atoms with Crippen LogP contribution in [0.3, 0.4) is 0 Å². The summed E-state index contributed by atoms with van der Waals surface area (Å²) in [5.74, 6) is 2.22. The molecule has 0 unspecified atom stereocenters. The Bertz CT molecular complexity index is 526. The molecule has 0 saturated carbocycles. The van der Waals surface area contributed by atoms with Crippen molar-refractivity contribution in [2.75, 3.05) is 0 Å². The fraction of sp³-hybridized carbons (Fsp3) is 0.125. The molecule has 70 valence electrons. The summed E-state index contributed by atoms with van der Waals surface area (Å²) in [5, 5.41) is 0. The highest BCUT2D eigenvalue weighted by Crippen LogP contribution is 2.11. The van der Waals surface area contributed by atoms with Gasteiger partial charge in [0, 0.05) is 0 Å². The van der Waals surface area contributed by atoms with Crippen molar-refractivity contribution in [3.63, 3.8) is 0 Å². The van der Waals surface area contributed by atoms with Gasteiger partial charge in [-0.1, -0.05) is 5.92 Å². The number of terminal acetylenes is 1. The van der Waals surface area contributed by atoms with E-state index in [9.17, 15) is 8.78 Å². The van der Waals surface area contributed by atoms with Crippen LogP contribution in [0.4, 0.5) is 8.78 Å². The number of nitrogens with zero attached hydrogens (tertiary/aromatic N) is 4. The van der Waals surface area contributed by atoms with Crippen LogP contribution >= 0.6 is 0 Å². The van der Waals surface area contributed by atoms with Crippen LogP contribution < -0.4 is 0 Å². The Morgan fingerprint density at radius 3 is 2.93 bits per heavy atom. The first-order chi connectivity index (χ1) is 6.72. The third-order valence-corrected chi connectivity index (χ3v) is 1.66. The van der Waals surface area contributed by atoms with Crippen molar-refractivity contribution in [1.29, 1.82) is 0 Å². The summed E-state index contributed by atoms with van der Waals surface area (Å²) >= 11 is 0. The van der Waals surface area contributed by atoms with Gasteiger partial charge < -0.3 is 0 Å². The van der Waals surface area contributed by atoms with E-state index in [1.54, 1.807) is 0 Å². The summed E-state index contributed by atoms with van der Waals surface area (Å²) < 4.78 is 26.7. The van der Waals surface area contributed by atoms with E-state index in [-0.39, 0.29) is 17.7 Å². The summed E-state index contributed by atoms with van der Waals surface area (Å²) in [7, 11) is 0. The second kappa shape index (κ2) is 3.03. The lowest BCUT2D eigenvalue weighted by molar-refractivity contribution is 0.493. The number of fused-ring (bicyclic) bond motifs is 1. The molecule has 0 saturated heterocycles. The predicted molar refractivity (Wildman–Crippen MR) is 44.1 cm³/mol. The average molecular weight is 194 g/mol. The van der Waals surface area contributed by atoms with Crippen LogP contribution in [-0.2, 0) is 6.54 Å². The van der Waals surface area contributed by atoms with Gasteiger partial charge in [0.25, 0.3) is 6.08 Å². The lowest BCUT2D eigenvalue weighted by Crippen LogP contribution is -2.01. The fourth-order valence-electron chi connectivity index (χ4n) is 1.10. The maximum Gasteiger partial charge on any atom is 0.310 e. The van der Waals surface area contributed by atoms with Gasteiger partial charge in [-0.25, -0.2) is 4.98 Å². The molecule has 2 aromatic rings. The van der Waals surface area contributed by atoms with Gasteiger partial charge >= 0.3 is 6.08 Å². The van der Waals surface area contributed by atoms with E-state index in [0.717, 1.165) is 10.8 Å². The van der Waals surface area contributed by atoms with E-state index in [2.05, 4.69) is 20.9 Å². The van der Waals surface area contributed by atoms with E-state index in [1.807, 2.05) is 0 Å². The van der Waals surface area contributed by atoms with Crippen LogP contribution in [0, 0.1) is 24.5 Å². The molecule has 0 N–H and O–H groups in total. The zero-order valence-corrected chi connectivity index (χ0v) is 6.91. The van der Waals surface area contributed by atoms with Gasteiger partial charge in [0.05, 0.1) is 12.7 Å². The fourth-order valence-corrected chi connectivity index (χ4v) is 1.10. The predicted octanol–water partition coefficient (Wildman–Crippen LogP) is 0.738. The number of hydrogen-bond acceptors (Lipinski definition) is 3. The van der Waals surface area contributed by atoms with Gasteiger partial charge in [0.15, 0.2) is 5.65 Å². The minimum atomic E-state index is -0.935. The first kappa shape index (κ1) is 8.56. The Morgan fingerprint density at radius 1 is 1.43 bits per heavy atom. The molecule has 6 heteroatoms. The normalized spacial score (nSPS) is 10.4. The zero-order valence-electron chi connectivity index (χ0n) is 6.91. The first-order valence-corrected chi connectivity index (χ1v) is 3.70. The lowest BCUT2D eigenvalue weighted by Gasteiger charge is -1.96. The van der Waals surface area contributed by atoms with Crippen LogP contribution in [-0.4, -0.2) is 19.5 Å². The van der Waals surface area contributed by atoms with Crippen molar-refractivity contribution in [3.05, 3.63) is 18.4 Å². The highest BCUT2D eigenvalue weighted by Gasteiger charge is 2.11. The van der Waals surface area contributed by atoms with Gasteiger partial charge in [0.1, 0.15) is 5.52 Å². The molecule has 0 aliphatic rings. The molecule has 0 aliphatic carbocycles. The van der Waals surface area contributed by atoms with Crippen LogP contribution in [0.25, 0.3) is 11.2 Å². The molecule has 14 heavy (non-hydrogen) atoms. The van der Waals surface area contributed by atoms with Crippen molar-refractivity contribution in [2.24, 2.45) is 0 Å². The standard InChI is InChI=1S/C8H4F2N4/c1-2-3-14-6-5(12-8(14)10)4-11-7(9)13-6/h1,4H,3H2. The first-order valence-electron chi connectivity index (χ1n) is 3.70. The summed E-state index contributed by atoms with van der Waals surface area (Å²) in [5.41, 5.74) is 0.243.